The molecule has 130 valence electrons. The van der Waals surface area contributed by atoms with Crippen molar-refractivity contribution in [3.63, 3.8) is 0 Å². The molecule has 0 radical (unpaired) electrons. The first-order valence-electron chi connectivity index (χ1n) is 7.93. The average molecular weight is 334 g/mol. The molecule has 0 fully saturated rings. The van der Waals surface area contributed by atoms with Gasteiger partial charge in [0.1, 0.15) is 6.04 Å². The number of fused-ring (bicyclic) bond motifs is 1. The summed E-state index contributed by atoms with van der Waals surface area (Å²) in [6.45, 7) is 3.98. The van der Waals surface area contributed by atoms with Crippen molar-refractivity contribution in [2.75, 3.05) is 7.11 Å². The summed E-state index contributed by atoms with van der Waals surface area (Å²) in [4.78, 5) is 35.8. The Morgan fingerprint density at radius 2 is 2.04 bits per heavy atom. The summed E-state index contributed by atoms with van der Waals surface area (Å²) in [5.41, 5.74) is 1.12. The van der Waals surface area contributed by atoms with Crippen LogP contribution in [0.3, 0.4) is 0 Å². The number of aromatic nitrogens is 1. The Morgan fingerprint density at radius 3 is 2.71 bits per heavy atom. The third kappa shape index (κ3) is 3.84. The van der Waals surface area contributed by atoms with E-state index in [9.17, 15) is 14.4 Å². The Kier molecular flexibility index (Phi) is 5.78. The first kappa shape index (κ1) is 17.8. The highest BCUT2D eigenvalue weighted by atomic mass is 16.5. The minimum absolute atomic E-state index is 0.0427. The molecular weight excluding hydrogens is 312 g/mol. The Morgan fingerprint density at radius 1 is 1.33 bits per heavy atom. The van der Waals surface area contributed by atoms with Crippen LogP contribution in [0.1, 0.15) is 26.7 Å². The van der Waals surface area contributed by atoms with Gasteiger partial charge in [0.2, 0.25) is 5.91 Å². The van der Waals surface area contributed by atoms with Crippen molar-refractivity contribution in [3.05, 3.63) is 34.8 Å². The van der Waals surface area contributed by atoms with Crippen LogP contribution in [0.5, 0.6) is 0 Å². The lowest BCUT2D eigenvalue weighted by atomic mass is 9.99. The summed E-state index contributed by atoms with van der Waals surface area (Å²) in [6, 6.07) is 6.34. The zero-order chi connectivity index (χ0) is 17.7. The number of carbonyl (C=O) groups excluding carboxylic acids is 2. The third-order valence-corrected chi connectivity index (χ3v) is 4.12. The van der Waals surface area contributed by atoms with Crippen molar-refractivity contribution < 1.29 is 18.7 Å². The minimum Gasteiger partial charge on any atom is -0.467 e. The smallest absolute Gasteiger partial charge is 0.419 e. The van der Waals surface area contributed by atoms with Crippen molar-refractivity contribution in [2.45, 2.75) is 39.3 Å². The Labute approximate surface area is 139 Å². The maximum atomic E-state index is 12.2. The number of para-hydroxylation sites is 2. The molecule has 0 saturated carbocycles. The van der Waals surface area contributed by atoms with Crippen molar-refractivity contribution in [1.82, 2.24) is 9.88 Å². The fraction of sp³-hybridized carbons (Fsp3) is 0.471. The number of nitrogens with zero attached hydrogens (tertiary/aromatic N) is 1. The van der Waals surface area contributed by atoms with Crippen molar-refractivity contribution >= 4 is 23.0 Å². The van der Waals surface area contributed by atoms with E-state index in [4.69, 9.17) is 9.15 Å². The molecule has 1 aromatic heterocycles. The van der Waals surface area contributed by atoms with Gasteiger partial charge in [-0.1, -0.05) is 32.4 Å². The Balaban J connectivity index is 2.05. The number of ether oxygens (including phenoxy) is 1. The predicted octanol–water partition coefficient (Wildman–Crippen LogP) is 1.69. The second-order valence-electron chi connectivity index (χ2n) is 5.69. The van der Waals surface area contributed by atoms with Crippen LogP contribution in [0, 0.1) is 5.92 Å². The molecule has 7 heteroatoms. The molecule has 2 unspecified atom stereocenters. The minimum atomic E-state index is -0.690. The SMILES string of the molecule is CCC(C)C(NC(=O)CCn1c(=O)oc2ccccc21)C(=O)OC. The van der Waals surface area contributed by atoms with E-state index in [0.29, 0.717) is 11.1 Å². The molecule has 1 N–H and O–H groups in total. The van der Waals surface area contributed by atoms with Gasteiger partial charge < -0.3 is 14.5 Å². The monoisotopic (exact) mass is 334 g/mol. The van der Waals surface area contributed by atoms with Gasteiger partial charge in [0.25, 0.3) is 0 Å². The number of aryl methyl sites for hydroxylation is 1. The van der Waals surface area contributed by atoms with E-state index >= 15 is 0 Å². The van der Waals surface area contributed by atoms with E-state index in [0.717, 1.165) is 6.42 Å². The number of oxazole rings is 1. The number of amides is 1. The summed E-state index contributed by atoms with van der Waals surface area (Å²) in [5, 5.41) is 2.69. The summed E-state index contributed by atoms with van der Waals surface area (Å²) >= 11 is 0. The van der Waals surface area contributed by atoms with Gasteiger partial charge in [-0.15, -0.1) is 0 Å². The lowest BCUT2D eigenvalue weighted by molar-refractivity contribution is -0.146. The molecule has 0 bridgehead atoms. The Bertz CT molecular complexity index is 777. The quantitative estimate of drug-likeness (QED) is 0.778. The van der Waals surface area contributed by atoms with Crippen LogP contribution in [0.25, 0.3) is 11.1 Å². The first-order valence-corrected chi connectivity index (χ1v) is 7.93. The highest BCUT2D eigenvalue weighted by Gasteiger charge is 2.26. The van der Waals surface area contributed by atoms with Gasteiger partial charge in [-0.2, -0.15) is 0 Å². The van der Waals surface area contributed by atoms with Gasteiger partial charge in [-0.3, -0.25) is 9.36 Å². The number of benzene rings is 1. The van der Waals surface area contributed by atoms with E-state index < -0.39 is 17.8 Å². The standard InChI is InChI=1S/C17H22N2O5/c1-4-11(2)15(16(21)23-3)18-14(20)9-10-19-12-7-5-6-8-13(12)24-17(19)22/h5-8,11,15H,4,9-10H2,1-3H3,(H,18,20). The molecule has 0 spiro atoms. The number of hydrogen-bond acceptors (Lipinski definition) is 5. The van der Waals surface area contributed by atoms with Gasteiger partial charge >= 0.3 is 11.7 Å². The van der Waals surface area contributed by atoms with E-state index in [1.165, 1.54) is 11.7 Å². The van der Waals surface area contributed by atoms with Crippen LogP contribution in [-0.4, -0.2) is 29.6 Å². The van der Waals surface area contributed by atoms with Crippen LogP contribution >= 0.6 is 0 Å². The Hall–Kier alpha value is -2.57. The highest BCUT2D eigenvalue weighted by Crippen LogP contribution is 2.13. The molecule has 24 heavy (non-hydrogen) atoms. The largest absolute Gasteiger partial charge is 0.467 e. The first-order chi connectivity index (χ1) is 11.5. The van der Waals surface area contributed by atoms with E-state index in [1.54, 1.807) is 24.3 Å². The predicted molar refractivity (Wildman–Crippen MR) is 88.5 cm³/mol. The molecule has 1 aromatic carbocycles. The second-order valence-corrected chi connectivity index (χ2v) is 5.69. The number of methoxy groups -OCH3 is 1. The average Bonchev–Trinajstić information content (AvgIpc) is 2.91. The molecular formula is C17H22N2O5. The van der Waals surface area contributed by atoms with Crippen LogP contribution in [0.2, 0.25) is 0 Å². The lowest BCUT2D eigenvalue weighted by Gasteiger charge is -2.21. The van der Waals surface area contributed by atoms with E-state index in [1.807, 2.05) is 13.8 Å². The summed E-state index contributed by atoms with van der Waals surface area (Å²) in [5.74, 6) is -1.33. The zero-order valence-electron chi connectivity index (χ0n) is 14.1. The van der Waals surface area contributed by atoms with E-state index in [-0.39, 0.29) is 24.8 Å². The second kappa shape index (κ2) is 7.81. The van der Waals surface area contributed by atoms with Gasteiger partial charge in [0, 0.05) is 13.0 Å². The maximum Gasteiger partial charge on any atom is 0.419 e. The molecule has 0 aliphatic heterocycles. The van der Waals surface area contributed by atoms with Crippen LogP contribution in [0.4, 0.5) is 0 Å². The number of nitrogens with one attached hydrogen (secondary N) is 1. The fourth-order valence-corrected chi connectivity index (χ4v) is 2.48. The van der Waals surface area contributed by atoms with E-state index in [2.05, 4.69) is 5.32 Å². The maximum absolute atomic E-state index is 12.2. The highest BCUT2D eigenvalue weighted by molar-refractivity contribution is 5.84. The number of esters is 1. The molecule has 2 atom stereocenters. The summed E-state index contributed by atoms with van der Waals surface area (Å²) in [7, 11) is 1.29. The van der Waals surface area contributed by atoms with Crippen molar-refractivity contribution in [1.29, 1.82) is 0 Å². The molecule has 0 aliphatic rings. The molecule has 0 aliphatic carbocycles. The van der Waals surface area contributed by atoms with Gasteiger partial charge in [0.15, 0.2) is 5.58 Å². The molecule has 0 saturated heterocycles. The third-order valence-electron chi connectivity index (χ3n) is 4.12. The number of rotatable bonds is 7. The molecule has 2 aromatic rings. The van der Waals surface area contributed by atoms with Gasteiger partial charge in [-0.25, -0.2) is 9.59 Å². The fourth-order valence-electron chi connectivity index (χ4n) is 2.48. The zero-order valence-corrected chi connectivity index (χ0v) is 14.1. The number of carbonyl (C=O) groups is 2. The van der Waals surface area contributed by atoms with Crippen molar-refractivity contribution in [3.8, 4) is 0 Å². The normalized spacial score (nSPS) is 13.5. The molecule has 2 rings (SSSR count). The molecule has 1 heterocycles. The van der Waals surface area contributed by atoms with Gasteiger partial charge in [0.05, 0.1) is 12.6 Å². The number of hydrogen-bond donors (Lipinski definition) is 1. The topological polar surface area (TPSA) is 90.5 Å². The van der Waals surface area contributed by atoms with Crippen LogP contribution in [-0.2, 0) is 20.9 Å². The van der Waals surface area contributed by atoms with Crippen molar-refractivity contribution in [2.24, 2.45) is 5.92 Å². The summed E-state index contributed by atoms with van der Waals surface area (Å²) < 4.78 is 11.3. The molecule has 1 amide bonds. The van der Waals surface area contributed by atoms with Crippen LogP contribution < -0.4 is 11.1 Å². The van der Waals surface area contributed by atoms with Crippen LogP contribution in [0.15, 0.2) is 33.5 Å². The summed E-state index contributed by atoms with van der Waals surface area (Å²) in [6.07, 6.45) is 0.791. The van der Waals surface area contributed by atoms with Gasteiger partial charge in [-0.05, 0) is 18.1 Å². The lowest BCUT2D eigenvalue weighted by Crippen LogP contribution is -2.46. The molecule has 7 nitrogen and oxygen atoms in total.